The zero-order valence-corrected chi connectivity index (χ0v) is 26.7. The van der Waals surface area contributed by atoms with Crippen LogP contribution in [0.15, 0.2) is 187 Å². The molecule has 10 rings (SSSR count). The first-order chi connectivity index (χ1) is 24.3. The van der Waals surface area contributed by atoms with E-state index in [9.17, 15) is 0 Å². The normalized spacial score (nSPS) is 12.5. The number of rotatable bonds is 4. The number of allylic oxidation sites excluding steroid dienone is 4. The summed E-state index contributed by atoms with van der Waals surface area (Å²) in [5, 5.41) is 10.3. The molecule has 1 aliphatic rings. The van der Waals surface area contributed by atoms with Crippen molar-refractivity contribution in [1.29, 1.82) is 0 Å². The monoisotopic (exact) mass is 619 g/mol. The van der Waals surface area contributed by atoms with Gasteiger partial charge in [0.15, 0.2) is 0 Å². The van der Waals surface area contributed by atoms with E-state index >= 15 is 0 Å². The van der Waals surface area contributed by atoms with Gasteiger partial charge in [-0.05, 0) is 109 Å². The molecule has 0 fully saturated rings. The van der Waals surface area contributed by atoms with Crippen molar-refractivity contribution in [2.75, 3.05) is 0 Å². The van der Waals surface area contributed by atoms with E-state index in [1.165, 1.54) is 76.4 Å². The second-order valence-corrected chi connectivity index (χ2v) is 12.7. The fraction of sp³-hybridized carbons (Fsp3) is 0. The Morgan fingerprint density at radius 3 is 1.80 bits per heavy atom. The molecule has 0 saturated carbocycles. The lowest BCUT2D eigenvalue weighted by Crippen LogP contribution is -1.95. The Morgan fingerprint density at radius 1 is 0.408 bits per heavy atom. The number of para-hydroxylation sites is 1. The molecule has 0 amide bonds. The minimum atomic E-state index is 1.04. The molecule has 1 heteroatoms. The van der Waals surface area contributed by atoms with Crippen molar-refractivity contribution in [2.24, 2.45) is 0 Å². The van der Waals surface area contributed by atoms with Gasteiger partial charge < -0.3 is 4.57 Å². The first-order valence-corrected chi connectivity index (χ1v) is 16.8. The molecule has 0 saturated heterocycles. The minimum Gasteiger partial charge on any atom is -0.309 e. The van der Waals surface area contributed by atoms with Crippen molar-refractivity contribution < 1.29 is 0 Å². The van der Waals surface area contributed by atoms with Crippen LogP contribution in [0.5, 0.6) is 0 Å². The summed E-state index contributed by atoms with van der Waals surface area (Å²) in [5.41, 5.74) is 16.9. The summed E-state index contributed by atoms with van der Waals surface area (Å²) in [5.74, 6) is 0. The maximum absolute atomic E-state index is 3.27. The summed E-state index contributed by atoms with van der Waals surface area (Å²) in [6.45, 7) is 0. The van der Waals surface area contributed by atoms with E-state index in [2.05, 4.69) is 180 Å². The molecular formula is C48H29N. The average molecular weight is 620 g/mol. The molecule has 1 aromatic heterocycles. The Morgan fingerprint density at radius 2 is 1.02 bits per heavy atom. The highest BCUT2D eigenvalue weighted by Gasteiger charge is 2.17. The van der Waals surface area contributed by atoms with Gasteiger partial charge in [0, 0.05) is 22.0 Å². The average Bonchev–Trinajstić information content (AvgIpc) is 3.53. The fourth-order valence-corrected chi connectivity index (χ4v) is 7.83. The van der Waals surface area contributed by atoms with Gasteiger partial charge in [-0.3, -0.25) is 0 Å². The van der Waals surface area contributed by atoms with E-state index < -0.39 is 0 Å². The Bertz CT molecular complexity index is 2920. The highest BCUT2D eigenvalue weighted by Crippen LogP contribution is 2.41. The largest absolute Gasteiger partial charge is 0.309 e. The van der Waals surface area contributed by atoms with Gasteiger partial charge in [0.2, 0.25) is 0 Å². The highest BCUT2D eigenvalue weighted by atomic mass is 15.0. The van der Waals surface area contributed by atoms with E-state index in [1.807, 2.05) is 12.2 Å². The van der Waals surface area contributed by atoms with Gasteiger partial charge in [-0.2, -0.15) is 0 Å². The quantitative estimate of drug-likeness (QED) is 0.136. The second kappa shape index (κ2) is 11.0. The molecule has 0 radical (unpaired) electrons. The van der Waals surface area contributed by atoms with Gasteiger partial charge in [0.05, 0.1) is 11.0 Å². The summed E-state index contributed by atoms with van der Waals surface area (Å²) in [4.78, 5) is 0. The predicted octanol–water partition coefficient (Wildman–Crippen LogP) is 12.8. The molecule has 8 aromatic carbocycles. The standard InChI is InChI=1S/C48H29N/c1-2-13-32(14-3-1)34-16-11-18-37(30-34)49-46-25-9-8-23-44(46)48-38(24-12-26-47(48)49)36-17-10-15-33(29-36)35-27-28-43-41-21-5-4-19-39(41)40-20-6-7-22-42(40)45(43)31-35/h1-2,4-13,15-31H. The fourth-order valence-electron chi connectivity index (χ4n) is 7.83. The maximum Gasteiger partial charge on any atom is 0.0547 e. The molecule has 0 N–H and O–H groups in total. The third-order valence-corrected chi connectivity index (χ3v) is 10.0. The highest BCUT2D eigenvalue weighted by molar-refractivity contribution is 6.25. The topological polar surface area (TPSA) is 4.93 Å². The molecule has 1 aliphatic carbocycles. The number of hydrogen-bond donors (Lipinski definition) is 0. The molecule has 49 heavy (non-hydrogen) atoms. The summed E-state index contributed by atoms with van der Waals surface area (Å²) in [7, 11) is 0. The smallest absolute Gasteiger partial charge is 0.0547 e. The summed E-state index contributed by atoms with van der Waals surface area (Å²) < 4.78 is 2.40. The number of hydrogen-bond acceptors (Lipinski definition) is 0. The van der Waals surface area contributed by atoms with Crippen molar-refractivity contribution in [1.82, 2.24) is 4.57 Å². The van der Waals surface area contributed by atoms with Crippen LogP contribution in [0, 0.1) is 0 Å². The Hall–Kier alpha value is -6.62. The van der Waals surface area contributed by atoms with E-state index in [0.29, 0.717) is 0 Å². The third-order valence-electron chi connectivity index (χ3n) is 10.0. The van der Waals surface area contributed by atoms with Gasteiger partial charge in [0.25, 0.3) is 0 Å². The Kier molecular flexibility index (Phi) is 6.16. The maximum atomic E-state index is 3.27. The number of fused-ring (bicyclic) bond motifs is 9. The lowest BCUT2D eigenvalue weighted by Gasteiger charge is -2.13. The zero-order chi connectivity index (χ0) is 32.3. The molecule has 0 spiro atoms. The van der Waals surface area contributed by atoms with E-state index in [0.717, 1.165) is 16.8 Å². The van der Waals surface area contributed by atoms with Gasteiger partial charge >= 0.3 is 0 Å². The lowest BCUT2D eigenvalue weighted by atomic mass is 9.91. The van der Waals surface area contributed by atoms with Crippen molar-refractivity contribution in [3.8, 4) is 27.9 Å². The SMILES string of the molecule is C1=C=C(c2cccc(-n3c4ccccc4c4c(-c5cccc(-c6ccc7c8ccccc8c8ccccc8c7c6)c5)cccc43)c2)C=CC=1. The third kappa shape index (κ3) is 4.36. The molecule has 1 heterocycles. The van der Waals surface area contributed by atoms with Crippen LogP contribution in [-0.2, 0) is 0 Å². The summed E-state index contributed by atoms with van der Waals surface area (Å²) in [6.07, 6.45) is 5.99. The van der Waals surface area contributed by atoms with Crippen LogP contribution in [0.2, 0.25) is 0 Å². The lowest BCUT2D eigenvalue weighted by molar-refractivity contribution is 1.18. The first-order valence-electron chi connectivity index (χ1n) is 16.8. The van der Waals surface area contributed by atoms with Crippen LogP contribution in [0.4, 0.5) is 0 Å². The Balaban J connectivity index is 1.16. The number of benzene rings is 8. The molecule has 0 aliphatic heterocycles. The number of nitrogens with zero attached hydrogens (tertiary/aromatic N) is 1. The molecule has 0 bridgehead atoms. The van der Waals surface area contributed by atoms with Crippen molar-refractivity contribution >= 4 is 59.7 Å². The van der Waals surface area contributed by atoms with E-state index in [4.69, 9.17) is 0 Å². The van der Waals surface area contributed by atoms with Gasteiger partial charge in [-0.1, -0.05) is 139 Å². The second-order valence-electron chi connectivity index (χ2n) is 12.7. The van der Waals surface area contributed by atoms with Crippen molar-refractivity contribution in [3.63, 3.8) is 0 Å². The number of aromatic nitrogens is 1. The Labute approximate surface area is 284 Å². The van der Waals surface area contributed by atoms with Crippen molar-refractivity contribution in [2.45, 2.75) is 0 Å². The van der Waals surface area contributed by atoms with Crippen LogP contribution in [-0.4, -0.2) is 4.57 Å². The van der Waals surface area contributed by atoms with Crippen LogP contribution in [0.3, 0.4) is 0 Å². The predicted molar refractivity (Wildman–Crippen MR) is 208 cm³/mol. The van der Waals surface area contributed by atoms with Crippen LogP contribution in [0.1, 0.15) is 5.56 Å². The van der Waals surface area contributed by atoms with Gasteiger partial charge in [-0.25, -0.2) is 0 Å². The molecule has 0 unspecified atom stereocenters. The molecule has 226 valence electrons. The van der Waals surface area contributed by atoms with E-state index in [1.54, 1.807) is 0 Å². The van der Waals surface area contributed by atoms with Gasteiger partial charge in [0.1, 0.15) is 0 Å². The minimum absolute atomic E-state index is 1.04. The molecular weight excluding hydrogens is 591 g/mol. The molecule has 9 aromatic rings. The zero-order valence-electron chi connectivity index (χ0n) is 26.7. The van der Waals surface area contributed by atoms with Crippen LogP contribution >= 0.6 is 0 Å². The van der Waals surface area contributed by atoms with Crippen LogP contribution < -0.4 is 0 Å². The molecule has 0 atom stereocenters. The summed E-state index contributed by atoms with van der Waals surface area (Å²) >= 11 is 0. The van der Waals surface area contributed by atoms with E-state index in [-0.39, 0.29) is 0 Å². The first kappa shape index (κ1) is 27.5. The molecule has 1 nitrogen and oxygen atoms in total. The van der Waals surface area contributed by atoms with Gasteiger partial charge in [-0.15, -0.1) is 0 Å². The summed E-state index contributed by atoms with van der Waals surface area (Å²) in [6, 6.07) is 57.8. The van der Waals surface area contributed by atoms with Crippen molar-refractivity contribution in [3.05, 3.63) is 193 Å². The van der Waals surface area contributed by atoms with Crippen LogP contribution in [0.25, 0.3) is 87.6 Å².